The van der Waals surface area contributed by atoms with Crippen LogP contribution >= 0.6 is 23.2 Å². The van der Waals surface area contributed by atoms with Crippen LogP contribution in [0.2, 0.25) is 10.0 Å². The highest BCUT2D eigenvalue weighted by Crippen LogP contribution is 2.30. The van der Waals surface area contributed by atoms with Crippen LogP contribution in [0.1, 0.15) is 21.9 Å². The summed E-state index contributed by atoms with van der Waals surface area (Å²) in [6.45, 7) is 2.05. The van der Waals surface area contributed by atoms with Gasteiger partial charge in [-0.25, -0.2) is 0 Å². The first-order chi connectivity index (χ1) is 11.0. The zero-order valence-electron chi connectivity index (χ0n) is 12.2. The summed E-state index contributed by atoms with van der Waals surface area (Å²) in [5.41, 5.74) is 1.18. The second kappa shape index (κ2) is 6.52. The molecule has 3 rings (SSSR count). The molecule has 0 fully saturated rings. The number of benzene rings is 1. The lowest BCUT2D eigenvalue weighted by Crippen LogP contribution is -2.22. The topological polar surface area (TPSA) is 55.4 Å². The van der Waals surface area contributed by atoms with E-state index in [1.165, 1.54) is 0 Å². The summed E-state index contributed by atoms with van der Waals surface area (Å²) in [6.07, 6.45) is 1.56. The molecule has 0 aliphatic carbocycles. The fourth-order valence-corrected chi connectivity index (χ4v) is 2.75. The minimum absolute atomic E-state index is 0.234. The molecular weight excluding hydrogens is 337 g/mol. The molecule has 23 heavy (non-hydrogen) atoms. The third kappa shape index (κ3) is 3.60. The first-order valence-electron chi connectivity index (χ1n) is 6.90. The molecule has 0 unspecified atom stereocenters. The highest BCUT2D eigenvalue weighted by molar-refractivity contribution is 6.35. The van der Waals surface area contributed by atoms with Gasteiger partial charge in [-0.15, -0.1) is 0 Å². The van der Waals surface area contributed by atoms with Crippen LogP contribution in [-0.4, -0.2) is 5.91 Å². The monoisotopic (exact) mass is 349 g/mol. The molecule has 1 N–H and O–H groups in total. The van der Waals surface area contributed by atoms with Crippen molar-refractivity contribution in [1.82, 2.24) is 5.32 Å². The van der Waals surface area contributed by atoms with Crippen LogP contribution in [0.4, 0.5) is 0 Å². The Morgan fingerprint density at radius 3 is 2.57 bits per heavy atom. The number of rotatable bonds is 4. The zero-order chi connectivity index (χ0) is 16.4. The summed E-state index contributed by atoms with van der Waals surface area (Å²) in [5.74, 6) is 1.51. The van der Waals surface area contributed by atoms with Crippen LogP contribution in [-0.2, 0) is 6.54 Å². The SMILES string of the molecule is Cc1oc(-c2cc(Cl)cc(Cl)c2)cc1C(=O)NCc1ccco1. The molecule has 0 aliphatic rings. The van der Waals surface area contributed by atoms with Crippen molar-refractivity contribution in [2.45, 2.75) is 13.5 Å². The molecule has 0 saturated heterocycles. The molecule has 0 saturated carbocycles. The second-order valence-electron chi connectivity index (χ2n) is 5.00. The Labute approximate surface area is 143 Å². The number of hydrogen-bond acceptors (Lipinski definition) is 3. The molecule has 2 heterocycles. The van der Waals surface area contributed by atoms with E-state index in [0.29, 0.717) is 39.4 Å². The third-order valence-electron chi connectivity index (χ3n) is 3.31. The number of hydrogen-bond donors (Lipinski definition) is 1. The van der Waals surface area contributed by atoms with Crippen molar-refractivity contribution in [3.8, 4) is 11.3 Å². The number of carbonyl (C=O) groups excluding carboxylic acids is 1. The summed E-state index contributed by atoms with van der Waals surface area (Å²) in [4.78, 5) is 12.3. The predicted octanol–water partition coefficient (Wildman–Crippen LogP) is 5.08. The van der Waals surface area contributed by atoms with Crippen LogP contribution in [0.3, 0.4) is 0 Å². The highest BCUT2D eigenvalue weighted by atomic mass is 35.5. The van der Waals surface area contributed by atoms with Crippen molar-refractivity contribution in [1.29, 1.82) is 0 Å². The molecular formula is C17H13Cl2NO3. The summed E-state index contributed by atoms with van der Waals surface area (Å²) in [7, 11) is 0. The minimum Gasteiger partial charge on any atom is -0.467 e. The van der Waals surface area contributed by atoms with E-state index < -0.39 is 0 Å². The maximum Gasteiger partial charge on any atom is 0.255 e. The summed E-state index contributed by atoms with van der Waals surface area (Å²) < 4.78 is 10.9. The van der Waals surface area contributed by atoms with Crippen molar-refractivity contribution in [2.75, 3.05) is 0 Å². The van der Waals surface area contributed by atoms with Gasteiger partial charge in [0.2, 0.25) is 0 Å². The molecule has 0 aliphatic heterocycles. The molecule has 1 amide bonds. The molecule has 1 aromatic carbocycles. The quantitative estimate of drug-likeness (QED) is 0.713. The van der Waals surface area contributed by atoms with Gasteiger partial charge in [-0.2, -0.15) is 0 Å². The maximum absolute atomic E-state index is 12.3. The zero-order valence-corrected chi connectivity index (χ0v) is 13.7. The van der Waals surface area contributed by atoms with Crippen molar-refractivity contribution in [2.24, 2.45) is 0 Å². The van der Waals surface area contributed by atoms with Gasteiger partial charge in [0, 0.05) is 15.6 Å². The van der Waals surface area contributed by atoms with E-state index in [1.807, 2.05) is 0 Å². The molecule has 6 heteroatoms. The fraction of sp³-hybridized carbons (Fsp3) is 0.118. The third-order valence-corrected chi connectivity index (χ3v) is 3.75. The number of amides is 1. The molecule has 0 radical (unpaired) electrons. The first-order valence-corrected chi connectivity index (χ1v) is 7.66. The lowest BCUT2D eigenvalue weighted by Gasteiger charge is -2.01. The Kier molecular flexibility index (Phi) is 4.46. The highest BCUT2D eigenvalue weighted by Gasteiger charge is 2.16. The Morgan fingerprint density at radius 2 is 1.91 bits per heavy atom. The number of nitrogens with one attached hydrogen (secondary N) is 1. The first kappa shape index (κ1) is 15.7. The van der Waals surface area contributed by atoms with Gasteiger partial charge in [-0.3, -0.25) is 4.79 Å². The van der Waals surface area contributed by atoms with E-state index in [-0.39, 0.29) is 5.91 Å². The van der Waals surface area contributed by atoms with Gasteiger partial charge >= 0.3 is 0 Å². The van der Waals surface area contributed by atoms with Crippen LogP contribution in [0.25, 0.3) is 11.3 Å². The largest absolute Gasteiger partial charge is 0.467 e. The standard InChI is InChI=1S/C17H13Cl2NO3/c1-10-15(17(21)20-9-14-3-2-4-22-14)8-16(23-10)11-5-12(18)7-13(19)6-11/h2-8H,9H2,1H3,(H,20,21). The van der Waals surface area contributed by atoms with Gasteiger partial charge in [-0.1, -0.05) is 23.2 Å². The maximum atomic E-state index is 12.3. The Bertz CT molecular complexity index is 817. The van der Waals surface area contributed by atoms with Crippen LogP contribution in [0.5, 0.6) is 0 Å². The molecule has 0 bridgehead atoms. The average Bonchev–Trinajstić information content (AvgIpc) is 3.13. The lowest BCUT2D eigenvalue weighted by molar-refractivity contribution is 0.0946. The van der Waals surface area contributed by atoms with Gasteiger partial charge in [0.25, 0.3) is 5.91 Å². The number of aryl methyl sites for hydroxylation is 1. The number of carbonyl (C=O) groups is 1. The van der Waals surface area contributed by atoms with E-state index in [0.717, 1.165) is 5.56 Å². The summed E-state index contributed by atoms with van der Waals surface area (Å²) >= 11 is 12.0. The second-order valence-corrected chi connectivity index (χ2v) is 5.87. The molecule has 118 valence electrons. The van der Waals surface area contributed by atoms with Crippen LogP contribution in [0, 0.1) is 6.92 Å². The minimum atomic E-state index is -0.234. The average molecular weight is 350 g/mol. The van der Waals surface area contributed by atoms with Crippen LogP contribution < -0.4 is 5.32 Å². The summed E-state index contributed by atoms with van der Waals surface area (Å²) in [6, 6.07) is 10.3. The van der Waals surface area contributed by atoms with Crippen molar-refractivity contribution >= 4 is 29.1 Å². The van der Waals surface area contributed by atoms with Gasteiger partial charge in [0.15, 0.2) is 0 Å². The van der Waals surface area contributed by atoms with E-state index in [1.54, 1.807) is 49.6 Å². The Morgan fingerprint density at radius 1 is 1.17 bits per heavy atom. The van der Waals surface area contributed by atoms with Crippen molar-refractivity contribution in [3.05, 3.63) is 69.8 Å². The number of furan rings is 2. The van der Waals surface area contributed by atoms with E-state index in [9.17, 15) is 4.79 Å². The van der Waals surface area contributed by atoms with Crippen molar-refractivity contribution < 1.29 is 13.6 Å². The number of halogens is 2. The molecule has 4 nitrogen and oxygen atoms in total. The molecule has 3 aromatic rings. The molecule has 0 atom stereocenters. The van der Waals surface area contributed by atoms with E-state index in [2.05, 4.69) is 5.32 Å². The normalized spacial score (nSPS) is 10.7. The lowest BCUT2D eigenvalue weighted by atomic mass is 10.1. The van der Waals surface area contributed by atoms with Gasteiger partial charge in [0.05, 0.1) is 18.4 Å². The van der Waals surface area contributed by atoms with Gasteiger partial charge in [0.1, 0.15) is 17.3 Å². The van der Waals surface area contributed by atoms with Crippen LogP contribution in [0.15, 0.2) is 51.5 Å². The predicted molar refractivity (Wildman–Crippen MR) is 88.8 cm³/mol. The fourth-order valence-electron chi connectivity index (χ4n) is 2.22. The molecule has 0 spiro atoms. The Hall–Kier alpha value is -2.17. The Balaban J connectivity index is 1.81. The van der Waals surface area contributed by atoms with Gasteiger partial charge in [-0.05, 0) is 43.3 Å². The molecule has 2 aromatic heterocycles. The van der Waals surface area contributed by atoms with E-state index >= 15 is 0 Å². The summed E-state index contributed by atoms with van der Waals surface area (Å²) in [5, 5.41) is 3.79. The van der Waals surface area contributed by atoms with Gasteiger partial charge < -0.3 is 14.2 Å². The van der Waals surface area contributed by atoms with Crippen molar-refractivity contribution in [3.63, 3.8) is 0 Å². The van der Waals surface area contributed by atoms with E-state index in [4.69, 9.17) is 32.0 Å². The smallest absolute Gasteiger partial charge is 0.255 e.